The number of sulfonamides is 1. The van der Waals surface area contributed by atoms with E-state index in [1.807, 2.05) is 13.8 Å². The van der Waals surface area contributed by atoms with Gasteiger partial charge in [0.2, 0.25) is 10.0 Å². The lowest BCUT2D eigenvalue weighted by atomic mass is 9.94. The molecule has 0 radical (unpaired) electrons. The predicted octanol–water partition coefficient (Wildman–Crippen LogP) is 2.21. The molecule has 0 spiro atoms. The van der Waals surface area contributed by atoms with Crippen molar-refractivity contribution in [2.24, 2.45) is 11.8 Å². The van der Waals surface area contributed by atoms with Crippen LogP contribution in [-0.2, 0) is 10.0 Å². The maximum Gasteiger partial charge on any atom is 0.246 e. The van der Waals surface area contributed by atoms with Crippen LogP contribution in [0.25, 0.3) is 0 Å². The number of nitrogens with two attached hydrogens (primary N) is 1. The largest absolute Gasteiger partial charge is 0.394 e. The smallest absolute Gasteiger partial charge is 0.246 e. The van der Waals surface area contributed by atoms with Crippen molar-refractivity contribution in [2.75, 3.05) is 18.8 Å². The van der Waals surface area contributed by atoms with Gasteiger partial charge in [-0.05, 0) is 30.4 Å². The normalized spacial score (nSPS) is 24.8. The average molecular weight is 304 g/mol. The fraction of sp³-hybridized carbons (Fsp3) is 0.538. The molecule has 2 unspecified atom stereocenters. The molecule has 0 amide bonds. The summed E-state index contributed by atoms with van der Waals surface area (Å²) in [4.78, 5) is -0.558. The van der Waals surface area contributed by atoms with Crippen LogP contribution in [0, 0.1) is 23.5 Å². The van der Waals surface area contributed by atoms with Crippen molar-refractivity contribution in [1.29, 1.82) is 0 Å². The van der Waals surface area contributed by atoms with Gasteiger partial charge in [0.05, 0.1) is 0 Å². The molecule has 4 nitrogen and oxygen atoms in total. The molecule has 1 fully saturated rings. The zero-order valence-electron chi connectivity index (χ0n) is 11.4. The van der Waals surface area contributed by atoms with Crippen molar-refractivity contribution in [2.45, 2.75) is 25.2 Å². The Hall–Kier alpha value is -1.21. The first kappa shape index (κ1) is 15.2. The van der Waals surface area contributed by atoms with Gasteiger partial charge in [0.15, 0.2) is 5.82 Å². The molecule has 7 heteroatoms. The van der Waals surface area contributed by atoms with Crippen LogP contribution in [0.2, 0.25) is 0 Å². The second kappa shape index (κ2) is 5.29. The third-order valence-electron chi connectivity index (χ3n) is 3.54. The van der Waals surface area contributed by atoms with Crippen LogP contribution in [-0.4, -0.2) is 25.8 Å². The highest BCUT2D eigenvalue weighted by Gasteiger charge is 2.34. The minimum Gasteiger partial charge on any atom is -0.394 e. The summed E-state index contributed by atoms with van der Waals surface area (Å²) in [5.41, 5.74) is 4.47. The van der Waals surface area contributed by atoms with Gasteiger partial charge in [-0.3, -0.25) is 0 Å². The Balaban J connectivity index is 2.43. The van der Waals surface area contributed by atoms with E-state index in [9.17, 15) is 17.2 Å². The molecule has 0 saturated carbocycles. The monoisotopic (exact) mass is 304 g/mol. The van der Waals surface area contributed by atoms with Gasteiger partial charge in [0.1, 0.15) is 16.4 Å². The molecule has 0 bridgehead atoms. The molecular weight excluding hydrogens is 286 g/mol. The van der Waals surface area contributed by atoms with Gasteiger partial charge in [-0.1, -0.05) is 13.8 Å². The maximum atomic E-state index is 13.9. The fourth-order valence-electron chi connectivity index (χ4n) is 2.69. The molecule has 1 aromatic rings. The zero-order chi connectivity index (χ0) is 15.1. The van der Waals surface area contributed by atoms with Crippen molar-refractivity contribution in [3.63, 3.8) is 0 Å². The summed E-state index contributed by atoms with van der Waals surface area (Å²) in [6, 6.07) is 1.81. The second-order valence-corrected chi connectivity index (χ2v) is 7.45. The number of halogens is 2. The average Bonchev–Trinajstić information content (AvgIpc) is 2.34. The fourth-order valence-corrected chi connectivity index (χ4v) is 4.45. The van der Waals surface area contributed by atoms with E-state index >= 15 is 0 Å². The number of nitrogens with zero attached hydrogens (tertiary/aromatic N) is 1. The van der Waals surface area contributed by atoms with E-state index in [1.54, 1.807) is 0 Å². The highest BCUT2D eigenvalue weighted by Crippen LogP contribution is 2.30. The summed E-state index contributed by atoms with van der Waals surface area (Å²) in [6.07, 6.45) is 0.931. The van der Waals surface area contributed by atoms with Crippen LogP contribution < -0.4 is 5.73 Å². The number of benzene rings is 1. The lowest BCUT2D eigenvalue weighted by Crippen LogP contribution is -2.42. The third kappa shape index (κ3) is 2.64. The number of anilines is 1. The van der Waals surface area contributed by atoms with Gasteiger partial charge in [-0.25, -0.2) is 17.2 Å². The first-order chi connectivity index (χ1) is 9.23. The zero-order valence-corrected chi connectivity index (χ0v) is 12.3. The van der Waals surface area contributed by atoms with Gasteiger partial charge in [0, 0.05) is 13.1 Å². The standard InChI is InChI=1S/C13H18F2N2O2S/c1-8-5-9(2)7-17(6-8)20(18,19)11-4-3-10(14)13(16)12(11)15/h3-4,8-9H,5-7,16H2,1-2H3. The lowest BCUT2D eigenvalue weighted by Gasteiger charge is -2.34. The number of piperidine rings is 1. The molecule has 112 valence electrons. The van der Waals surface area contributed by atoms with Crippen LogP contribution in [0.3, 0.4) is 0 Å². The van der Waals surface area contributed by atoms with E-state index in [0.717, 1.165) is 18.6 Å². The van der Waals surface area contributed by atoms with Crippen LogP contribution in [0.15, 0.2) is 17.0 Å². The molecule has 0 aliphatic carbocycles. The van der Waals surface area contributed by atoms with Crippen molar-refractivity contribution in [3.05, 3.63) is 23.8 Å². The van der Waals surface area contributed by atoms with Gasteiger partial charge in [-0.15, -0.1) is 0 Å². The quantitative estimate of drug-likeness (QED) is 0.852. The SMILES string of the molecule is CC1CC(C)CN(S(=O)(=O)c2ccc(F)c(N)c2F)C1. The summed E-state index contributed by atoms with van der Waals surface area (Å²) >= 11 is 0. The van der Waals surface area contributed by atoms with E-state index in [2.05, 4.69) is 0 Å². The Bertz CT molecular complexity index is 609. The van der Waals surface area contributed by atoms with Gasteiger partial charge >= 0.3 is 0 Å². The summed E-state index contributed by atoms with van der Waals surface area (Å²) < 4.78 is 53.3. The number of nitrogen functional groups attached to an aromatic ring is 1. The minimum atomic E-state index is -3.99. The van der Waals surface area contributed by atoms with Crippen LogP contribution >= 0.6 is 0 Å². The Kier molecular flexibility index (Phi) is 4.02. The number of rotatable bonds is 2. The molecule has 2 N–H and O–H groups in total. The summed E-state index contributed by atoms with van der Waals surface area (Å²) in [5, 5.41) is 0. The lowest BCUT2D eigenvalue weighted by molar-refractivity contribution is 0.222. The van der Waals surface area contributed by atoms with E-state index in [4.69, 9.17) is 5.73 Å². The van der Waals surface area contributed by atoms with Crippen molar-refractivity contribution >= 4 is 15.7 Å². The van der Waals surface area contributed by atoms with E-state index in [1.165, 1.54) is 4.31 Å². The highest BCUT2D eigenvalue weighted by atomic mass is 32.2. The van der Waals surface area contributed by atoms with Crippen LogP contribution in [0.4, 0.5) is 14.5 Å². The number of hydrogen-bond acceptors (Lipinski definition) is 3. The van der Waals surface area contributed by atoms with Crippen molar-refractivity contribution in [3.8, 4) is 0 Å². The second-order valence-electron chi connectivity index (χ2n) is 5.54. The molecule has 20 heavy (non-hydrogen) atoms. The first-order valence-electron chi connectivity index (χ1n) is 6.47. The van der Waals surface area contributed by atoms with Crippen LogP contribution in [0.5, 0.6) is 0 Å². The van der Waals surface area contributed by atoms with Crippen LogP contribution in [0.1, 0.15) is 20.3 Å². The molecule has 1 aliphatic rings. The Morgan fingerprint density at radius 1 is 1.20 bits per heavy atom. The first-order valence-corrected chi connectivity index (χ1v) is 7.91. The highest BCUT2D eigenvalue weighted by molar-refractivity contribution is 7.89. The molecule has 1 heterocycles. The molecule has 1 saturated heterocycles. The summed E-state index contributed by atoms with van der Waals surface area (Å²) in [5.74, 6) is -1.76. The summed E-state index contributed by atoms with van der Waals surface area (Å²) in [7, 11) is -3.99. The Labute approximate surface area is 117 Å². The number of hydrogen-bond donors (Lipinski definition) is 1. The van der Waals surface area contributed by atoms with Crippen molar-refractivity contribution in [1.82, 2.24) is 4.31 Å². The van der Waals surface area contributed by atoms with Gasteiger partial charge in [0.25, 0.3) is 0 Å². The van der Waals surface area contributed by atoms with E-state index in [0.29, 0.717) is 13.1 Å². The summed E-state index contributed by atoms with van der Waals surface area (Å²) in [6.45, 7) is 4.58. The van der Waals surface area contributed by atoms with E-state index < -0.39 is 32.2 Å². The minimum absolute atomic E-state index is 0.203. The topological polar surface area (TPSA) is 63.4 Å². The Morgan fingerprint density at radius 2 is 1.75 bits per heavy atom. The predicted molar refractivity (Wildman–Crippen MR) is 72.5 cm³/mol. The van der Waals surface area contributed by atoms with Gasteiger partial charge in [-0.2, -0.15) is 4.31 Å². The molecule has 2 rings (SSSR count). The third-order valence-corrected chi connectivity index (χ3v) is 5.39. The Morgan fingerprint density at radius 3 is 2.30 bits per heavy atom. The molecular formula is C13H18F2N2O2S. The molecule has 2 atom stereocenters. The maximum absolute atomic E-state index is 13.9. The molecule has 1 aliphatic heterocycles. The van der Waals surface area contributed by atoms with Gasteiger partial charge < -0.3 is 5.73 Å². The molecule has 1 aromatic carbocycles. The van der Waals surface area contributed by atoms with E-state index in [-0.39, 0.29) is 11.8 Å². The van der Waals surface area contributed by atoms with Crippen molar-refractivity contribution < 1.29 is 17.2 Å². The molecule has 0 aromatic heterocycles.